The molecule has 0 bridgehead atoms. The van der Waals surface area contributed by atoms with E-state index in [-0.39, 0.29) is 5.11 Å². The van der Waals surface area contributed by atoms with Gasteiger partial charge < -0.3 is 9.73 Å². The molecular formula is C22H15Cl2N3O2S2. The van der Waals surface area contributed by atoms with Crippen LogP contribution in [0.1, 0.15) is 28.2 Å². The maximum atomic E-state index is 12.2. The van der Waals surface area contributed by atoms with Crippen molar-refractivity contribution in [3.63, 3.8) is 0 Å². The van der Waals surface area contributed by atoms with Crippen LogP contribution < -0.4 is 10.6 Å². The van der Waals surface area contributed by atoms with Crippen molar-refractivity contribution in [2.75, 3.05) is 5.32 Å². The van der Waals surface area contributed by atoms with Crippen LogP contribution in [0.15, 0.2) is 40.8 Å². The maximum absolute atomic E-state index is 12.2. The summed E-state index contributed by atoms with van der Waals surface area (Å²) in [5, 5.41) is 16.6. The zero-order valence-corrected chi connectivity index (χ0v) is 19.1. The number of aryl methyl sites for hydroxylation is 1. The summed E-state index contributed by atoms with van der Waals surface area (Å²) in [6.45, 7) is 0. The van der Waals surface area contributed by atoms with Crippen LogP contribution in [-0.2, 0) is 17.6 Å². The van der Waals surface area contributed by atoms with Gasteiger partial charge in [0.25, 0.3) is 0 Å². The third-order valence-corrected chi connectivity index (χ3v) is 6.97. The summed E-state index contributed by atoms with van der Waals surface area (Å²) >= 11 is 19.0. The summed E-state index contributed by atoms with van der Waals surface area (Å²) in [5.74, 6) is 0.597. The molecule has 0 aliphatic heterocycles. The van der Waals surface area contributed by atoms with Crippen molar-refractivity contribution in [1.29, 1.82) is 5.26 Å². The molecule has 0 spiro atoms. The number of carbonyl (C=O) groups is 1. The van der Waals surface area contributed by atoms with Crippen LogP contribution in [0.25, 0.3) is 17.4 Å². The molecule has 9 heteroatoms. The molecule has 2 heterocycles. The Balaban J connectivity index is 1.38. The number of benzene rings is 1. The number of fused-ring (bicyclic) bond motifs is 1. The Morgan fingerprint density at radius 3 is 2.90 bits per heavy atom. The van der Waals surface area contributed by atoms with Crippen LogP contribution in [-0.4, -0.2) is 11.0 Å². The second-order valence-corrected chi connectivity index (χ2v) is 9.05. The van der Waals surface area contributed by atoms with Gasteiger partial charge in [0.2, 0.25) is 5.91 Å². The van der Waals surface area contributed by atoms with E-state index in [1.165, 1.54) is 28.4 Å². The molecule has 1 aromatic carbocycles. The predicted octanol–water partition coefficient (Wildman–Crippen LogP) is 6.20. The Labute approximate surface area is 198 Å². The maximum Gasteiger partial charge on any atom is 0.250 e. The monoisotopic (exact) mass is 487 g/mol. The van der Waals surface area contributed by atoms with E-state index < -0.39 is 5.91 Å². The van der Waals surface area contributed by atoms with E-state index in [2.05, 4.69) is 16.7 Å². The van der Waals surface area contributed by atoms with Crippen molar-refractivity contribution in [3.05, 3.63) is 68.2 Å². The number of thiocarbonyl (C=S) groups is 1. The van der Waals surface area contributed by atoms with E-state index in [0.717, 1.165) is 24.8 Å². The highest BCUT2D eigenvalue weighted by Crippen LogP contribution is 2.38. The minimum Gasteiger partial charge on any atom is -0.457 e. The van der Waals surface area contributed by atoms with Crippen LogP contribution in [0.2, 0.25) is 10.0 Å². The van der Waals surface area contributed by atoms with E-state index in [1.54, 1.807) is 30.3 Å². The predicted molar refractivity (Wildman–Crippen MR) is 129 cm³/mol. The molecule has 1 aliphatic carbocycles. The third kappa shape index (κ3) is 4.68. The van der Waals surface area contributed by atoms with Crippen molar-refractivity contribution in [2.24, 2.45) is 0 Å². The third-order valence-electron chi connectivity index (χ3n) is 4.74. The number of nitriles is 1. The molecule has 31 heavy (non-hydrogen) atoms. The summed E-state index contributed by atoms with van der Waals surface area (Å²) < 4.78 is 5.73. The molecule has 0 radical (unpaired) electrons. The molecule has 0 atom stereocenters. The summed E-state index contributed by atoms with van der Waals surface area (Å²) in [6.07, 6.45) is 5.80. The first-order valence-corrected chi connectivity index (χ1v) is 11.3. The number of anilines is 1. The highest BCUT2D eigenvalue weighted by molar-refractivity contribution is 7.80. The molecule has 0 saturated carbocycles. The fraction of sp³-hybridized carbons (Fsp3) is 0.136. The Hall–Kier alpha value is -2.63. The van der Waals surface area contributed by atoms with Gasteiger partial charge in [0.15, 0.2) is 5.11 Å². The van der Waals surface area contributed by atoms with Crippen LogP contribution in [0.4, 0.5) is 5.00 Å². The highest BCUT2D eigenvalue weighted by Gasteiger charge is 2.22. The zero-order valence-electron chi connectivity index (χ0n) is 16.0. The normalized spacial score (nSPS) is 12.5. The van der Waals surface area contributed by atoms with Crippen LogP contribution in [0, 0.1) is 11.3 Å². The van der Waals surface area contributed by atoms with Gasteiger partial charge in [-0.1, -0.05) is 29.3 Å². The van der Waals surface area contributed by atoms with Crippen molar-refractivity contribution >= 4 is 68.9 Å². The zero-order chi connectivity index (χ0) is 22.0. The van der Waals surface area contributed by atoms with Gasteiger partial charge >= 0.3 is 0 Å². The van der Waals surface area contributed by atoms with Gasteiger partial charge in [0, 0.05) is 16.5 Å². The Morgan fingerprint density at radius 1 is 1.26 bits per heavy atom. The molecule has 0 saturated heterocycles. The lowest BCUT2D eigenvalue weighted by Gasteiger charge is -2.06. The standard InChI is InChI=1S/C22H15Cl2N3O2S2/c23-16-5-1-4-14(20(16)24)17-9-7-12(29-17)8-10-19(28)26-22(30)27-21-15(11-25)13-3-2-6-18(13)31-21/h1,4-5,7-10H,2-3,6H2,(H2,26,27,28,30). The molecule has 1 amide bonds. The molecule has 0 fully saturated rings. The Kier molecular flexibility index (Phi) is 6.44. The van der Waals surface area contributed by atoms with E-state index >= 15 is 0 Å². The molecule has 2 aromatic heterocycles. The van der Waals surface area contributed by atoms with E-state index in [1.807, 2.05) is 0 Å². The van der Waals surface area contributed by atoms with Gasteiger partial charge in [-0.05, 0) is 67.4 Å². The number of furan rings is 1. The van der Waals surface area contributed by atoms with Crippen LogP contribution >= 0.6 is 46.8 Å². The Bertz CT molecular complexity index is 1250. The number of nitrogens with one attached hydrogen (secondary N) is 2. The van der Waals surface area contributed by atoms with Crippen LogP contribution in [0.5, 0.6) is 0 Å². The molecule has 1 aliphatic rings. The molecular weight excluding hydrogens is 473 g/mol. The first-order chi connectivity index (χ1) is 15.0. The molecule has 0 unspecified atom stereocenters. The van der Waals surface area contributed by atoms with E-state index in [0.29, 0.717) is 37.7 Å². The van der Waals surface area contributed by atoms with E-state index in [4.69, 9.17) is 39.8 Å². The Morgan fingerprint density at radius 2 is 2.10 bits per heavy atom. The van der Waals surface area contributed by atoms with Gasteiger partial charge in [-0.2, -0.15) is 5.26 Å². The second-order valence-electron chi connectivity index (χ2n) is 6.75. The number of thiophene rings is 1. The summed E-state index contributed by atoms with van der Waals surface area (Å²) in [6, 6.07) is 11.0. The lowest BCUT2D eigenvalue weighted by atomic mass is 10.1. The average Bonchev–Trinajstić information content (AvgIpc) is 3.44. The average molecular weight is 488 g/mol. The van der Waals surface area contributed by atoms with Crippen molar-refractivity contribution in [1.82, 2.24) is 5.32 Å². The fourth-order valence-corrected chi connectivity index (χ4v) is 5.24. The summed E-state index contributed by atoms with van der Waals surface area (Å²) in [4.78, 5) is 13.4. The number of hydrogen-bond acceptors (Lipinski definition) is 5. The van der Waals surface area contributed by atoms with Gasteiger partial charge in [0.1, 0.15) is 22.6 Å². The number of nitrogens with zero attached hydrogens (tertiary/aromatic N) is 1. The summed E-state index contributed by atoms with van der Waals surface area (Å²) in [5.41, 5.74) is 2.38. The number of amides is 1. The van der Waals surface area contributed by atoms with Gasteiger partial charge in [0.05, 0.1) is 15.6 Å². The van der Waals surface area contributed by atoms with Crippen molar-refractivity contribution < 1.29 is 9.21 Å². The SMILES string of the molecule is N#Cc1c(NC(=S)NC(=O)C=Cc2ccc(-c3cccc(Cl)c3Cl)o2)sc2c1CCC2. The minimum atomic E-state index is -0.418. The van der Waals surface area contributed by atoms with E-state index in [9.17, 15) is 10.1 Å². The van der Waals surface area contributed by atoms with Crippen LogP contribution in [0.3, 0.4) is 0 Å². The molecule has 2 N–H and O–H groups in total. The van der Waals surface area contributed by atoms with Gasteiger partial charge in [-0.15, -0.1) is 11.3 Å². The van der Waals surface area contributed by atoms with Crippen molar-refractivity contribution in [2.45, 2.75) is 19.3 Å². The lowest BCUT2D eigenvalue weighted by molar-refractivity contribution is -0.115. The van der Waals surface area contributed by atoms with Crippen molar-refractivity contribution in [3.8, 4) is 17.4 Å². The molecule has 4 rings (SSSR count). The number of hydrogen-bond donors (Lipinski definition) is 2. The topological polar surface area (TPSA) is 78.1 Å². The number of carbonyl (C=O) groups excluding carboxylic acids is 1. The quantitative estimate of drug-likeness (QED) is 0.338. The largest absolute Gasteiger partial charge is 0.457 e. The first-order valence-electron chi connectivity index (χ1n) is 9.35. The highest BCUT2D eigenvalue weighted by atomic mass is 35.5. The second kappa shape index (κ2) is 9.25. The minimum absolute atomic E-state index is 0.136. The number of rotatable bonds is 4. The summed E-state index contributed by atoms with van der Waals surface area (Å²) in [7, 11) is 0. The smallest absolute Gasteiger partial charge is 0.250 e. The molecule has 5 nitrogen and oxygen atoms in total. The lowest BCUT2D eigenvalue weighted by Crippen LogP contribution is -2.32. The van der Waals surface area contributed by atoms with Gasteiger partial charge in [-0.25, -0.2) is 0 Å². The fourth-order valence-electron chi connectivity index (χ4n) is 3.34. The number of halogens is 2. The molecule has 3 aromatic rings. The molecule has 156 valence electrons. The van der Waals surface area contributed by atoms with Gasteiger partial charge in [-0.3, -0.25) is 10.1 Å². The first kappa shape index (κ1) is 21.6.